The molecule has 0 aromatic heterocycles. The highest BCUT2D eigenvalue weighted by Gasteiger charge is 2.27. The molecular formula is C20H40N2O3S. The van der Waals surface area contributed by atoms with Gasteiger partial charge < -0.3 is 9.64 Å². The Balaban J connectivity index is 1.59. The molecule has 1 saturated carbocycles. The number of piperidine rings is 1. The summed E-state index contributed by atoms with van der Waals surface area (Å²) in [6.07, 6.45) is 7.79. The maximum absolute atomic E-state index is 11.7. The lowest BCUT2D eigenvalue weighted by Gasteiger charge is -2.37. The van der Waals surface area contributed by atoms with Crippen molar-refractivity contribution in [3.63, 3.8) is 0 Å². The normalized spacial score (nSPS) is 26.7. The van der Waals surface area contributed by atoms with E-state index >= 15 is 0 Å². The number of ether oxygens (including phenoxy) is 1. The van der Waals surface area contributed by atoms with Crippen LogP contribution in [0.5, 0.6) is 0 Å². The molecule has 1 saturated heterocycles. The van der Waals surface area contributed by atoms with Crippen molar-refractivity contribution in [1.82, 2.24) is 9.21 Å². The fourth-order valence-corrected chi connectivity index (χ4v) is 5.15. The van der Waals surface area contributed by atoms with Crippen LogP contribution in [-0.4, -0.2) is 69.3 Å². The van der Waals surface area contributed by atoms with E-state index in [1.165, 1.54) is 49.6 Å². The zero-order valence-corrected chi connectivity index (χ0v) is 18.1. The Morgan fingerprint density at radius 2 is 1.69 bits per heavy atom. The predicted molar refractivity (Wildman–Crippen MR) is 108 cm³/mol. The molecule has 0 N–H and O–H groups in total. The van der Waals surface area contributed by atoms with Crippen LogP contribution < -0.4 is 0 Å². The topological polar surface area (TPSA) is 49.9 Å². The molecule has 0 radical (unpaired) electrons. The largest absolute Gasteiger partial charge is 0.377 e. The number of hydrogen-bond donors (Lipinski definition) is 0. The third-order valence-corrected chi connectivity index (χ3v) is 8.35. The molecule has 6 heteroatoms. The van der Waals surface area contributed by atoms with E-state index in [2.05, 4.69) is 18.7 Å². The minimum absolute atomic E-state index is 0.156. The van der Waals surface area contributed by atoms with Gasteiger partial charge in [-0.1, -0.05) is 13.8 Å². The molecule has 2 aliphatic rings. The van der Waals surface area contributed by atoms with Gasteiger partial charge in [0.1, 0.15) is 0 Å². The minimum Gasteiger partial charge on any atom is -0.377 e. The summed E-state index contributed by atoms with van der Waals surface area (Å²) in [4.78, 5) is 2.68. The van der Waals surface area contributed by atoms with E-state index in [-0.39, 0.29) is 5.75 Å². The Kier molecular flexibility index (Phi) is 8.84. The number of nitrogens with zero attached hydrogens (tertiary/aromatic N) is 2. The molecular weight excluding hydrogens is 348 g/mol. The van der Waals surface area contributed by atoms with Crippen molar-refractivity contribution in [2.75, 3.05) is 45.6 Å². The van der Waals surface area contributed by atoms with Crippen molar-refractivity contribution in [3.8, 4) is 0 Å². The lowest BCUT2D eigenvalue weighted by Crippen LogP contribution is -2.39. The van der Waals surface area contributed by atoms with Crippen molar-refractivity contribution in [3.05, 3.63) is 0 Å². The molecule has 154 valence electrons. The lowest BCUT2D eigenvalue weighted by atomic mass is 9.84. The Bertz CT molecular complexity index is 493. The number of likely N-dealkylation sites (tertiary alicyclic amines) is 1. The van der Waals surface area contributed by atoms with E-state index in [4.69, 9.17) is 4.74 Å². The van der Waals surface area contributed by atoms with Crippen LogP contribution in [0.3, 0.4) is 0 Å². The fraction of sp³-hybridized carbons (Fsp3) is 1.00. The average Bonchev–Trinajstić information content (AvgIpc) is 2.63. The molecule has 0 bridgehead atoms. The van der Waals surface area contributed by atoms with Gasteiger partial charge in [0.25, 0.3) is 0 Å². The SMILES string of the molecule is CCS(=O)(=O)N(C)CCOC1CCC(CN2CCC(C(C)C)CC2)CC1. The molecule has 5 nitrogen and oxygen atoms in total. The molecule has 1 aliphatic carbocycles. The first-order chi connectivity index (χ1) is 12.3. The first kappa shape index (κ1) is 22.1. The van der Waals surface area contributed by atoms with E-state index in [9.17, 15) is 8.42 Å². The predicted octanol–water partition coefficient (Wildman–Crippen LogP) is 3.21. The zero-order chi connectivity index (χ0) is 19.2. The van der Waals surface area contributed by atoms with Crippen LogP contribution in [0.1, 0.15) is 59.3 Å². The van der Waals surface area contributed by atoms with Crippen LogP contribution in [0.25, 0.3) is 0 Å². The van der Waals surface area contributed by atoms with Crippen LogP contribution in [0, 0.1) is 17.8 Å². The highest BCUT2D eigenvalue weighted by atomic mass is 32.2. The molecule has 0 aromatic rings. The van der Waals surface area contributed by atoms with Crippen molar-refractivity contribution in [2.24, 2.45) is 17.8 Å². The van der Waals surface area contributed by atoms with Gasteiger partial charge in [-0.3, -0.25) is 0 Å². The van der Waals surface area contributed by atoms with Gasteiger partial charge in [0.15, 0.2) is 0 Å². The van der Waals surface area contributed by atoms with Gasteiger partial charge in [-0.25, -0.2) is 12.7 Å². The van der Waals surface area contributed by atoms with Crippen molar-refractivity contribution in [1.29, 1.82) is 0 Å². The highest BCUT2D eigenvalue weighted by Crippen LogP contribution is 2.29. The summed E-state index contributed by atoms with van der Waals surface area (Å²) < 4.78 is 30.8. The molecule has 0 aromatic carbocycles. The summed E-state index contributed by atoms with van der Waals surface area (Å²) in [7, 11) is -1.45. The molecule has 1 aliphatic heterocycles. The van der Waals surface area contributed by atoms with E-state index in [1.54, 1.807) is 14.0 Å². The quantitative estimate of drug-likeness (QED) is 0.609. The van der Waals surface area contributed by atoms with Crippen LogP contribution in [-0.2, 0) is 14.8 Å². The van der Waals surface area contributed by atoms with Gasteiger partial charge in [0.05, 0.1) is 18.5 Å². The Labute approximate surface area is 161 Å². The van der Waals surface area contributed by atoms with Crippen molar-refractivity contribution in [2.45, 2.75) is 65.4 Å². The second kappa shape index (κ2) is 10.4. The Morgan fingerprint density at radius 3 is 2.23 bits per heavy atom. The fourth-order valence-electron chi connectivity index (χ4n) is 4.36. The molecule has 2 fully saturated rings. The van der Waals surface area contributed by atoms with E-state index < -0.39 is 10.0 Å². The van der Waals surface area contributed by atoms with Gasteiger partial charge in [-0.05, 0) is 76.3 Å². The molecule has 0 unspecified atom stereocenters. The second-order valence-corrected chi connectivity index (χ2v) is 11.0. The summed E-state index contributed by atoms with van der Waals surface area (Å²) in [6.45, 7) is 11.2. The van der Waals surface area contributed by atoms with Crippen LogP contribution in [0.15, 0.2) is 0 Å². The number of rotatable bonds is 9. The molecule has 0 amide bonds. The minimum atomic E-state index is -3.09. The third-order valence-electron chi connectivity index (χ3n) is 6.48. The van der Waals surface area contributed by atoms with Gasteiger partial charge in [0.2, 0.25) is 10.0 Å². The molecule has 0 atom stereocenters. The second-order valence-electron chi connectivity index (χ2n) is 8.62. The number of sulfonamides is 1. The summed E-state index contributed by atoms with van der Waals surface area (Å²) in [6, 6.07) is 0. The van der Waals surface area contributed by atoms with E-state index in [0.717, 1.165) is 30.6 Å². The highest BCUT2D eigenvalue weighted by molar-refractivity contribution is 7.89. The maximum atomic E-state index is 11.7. The van der Waals surface area contributed by atoms with Crippen molar-refractivity contribution >= 4 is 10.0 Å². The molecule has 0 spiro atoms. The Hall–Kier alpha value is -0.170. The molecule has 2 rings (SSSR count). The van der Waals surface area contributed by atoms with Gasteiger partial charge in [-0.15, -0.1) is 0 Å². The first-order valence-electron chi connectivity index (χ1n) is 10.6. The lowest BCUT2D eigenvalue weighted by molar-refractivity contribution is 0.00967. The third kappa shape index (κ3) is 6.77. The van der Waals surface area contributed by atoms with E-state index in [0.29, 0.717) is 19.3 Å². The Morgan fingerprint density at radius 1 is 1.08 bits per heavy atom. The van der Waals surface area contributed by atoms with Gasteiger partial charge in [-0.2, -0.15) is 0 Å². The average molecular weight is 389 g/mol. The molecule has 1 heterocycles. The first-order valence-corrected chi connectivity index (χ1v) is 12.2. The molecule has 26 heavy (non-hydrogen) atoms. The van der Waals surface area contributed by atoms with Crippen LogP contribution in [0.2, 0.25) is 0 Å². The summed E-state index contributed by atoms with van der Waals surface area (Å²) in [5.41, 5.74) is 0. The summed E-state index contributed by atoms with van der Waals surface area (Å²) in [5.74, 6) is 2.72. The van der Waals surface area contributed by atoms with Crippen LogP contribution in [0.4, 0.5) is 0 Å². The summed E-state index contributed by atoms with van der Waals surface area (Å²) >= 11 is 0. The monoisotopic (exact) mass is 388 g/mol. The van der Waals surface area contributed by atoms with Gasteiger partial charge >= 0.3 is 0 Å². The van der Waals surface area contributed by atoms with E-state index in [1.807, 2.05) is 0 Å². The van der Waals surface area contributed by atoms with Crippen LogP contribution >= 0.6 is 0 Å². The van der Waals surface area contributed by atoms with Crippen molar-refractivity contribution < 1.29 is 13.2 Å². The standard InChI is InChI=1S/C20H40N2O3S/c1-5-26(23,24)21(4)14-15-25-20-8-6-18(7-9-20)16-22-12-10-19(11-13-22)17(2)3/h17-20H,5-16H2,1-4H3. The maximum Gasteiger partial charge on any atom is 0.213 e. The number of likely N-dealkylation sites (N-methyl/N-ethyl adjacent to an activating group) is 1. The summed E-state index contributed by atoms with van der Waals surface area (Å²) in [5, 5.41) is 0. The zero-order valence-electron chi connectivity index (χ0n) is 17.3. The number of hydrogen-bond acceptors (Lipinski definition) is 4. The smallest absolute Gasteiger partial charge is 0.213 e. The van der Waals surface area contributed by atoms with Gasteiger partial charge in [0, 0.05) is 20.1 Å².